The van der Waals surface area contributed by atoms with Crippen molar-refractivity contribution < 1.29 is 18.7 Å². The number of rotatable bonds is 7. The number of nitrogens with zero attached hydrogens (tertiary/aromatic N) is 3. The van der Waals surface area contributed by atoms with E-state index in [0.717, 1.165) is 40.1 Å². The zero-order valence-electron chi connectivity index (χ0n) is 20.4. The maximum Gasteiger partial charge on any atom is 0.229 e. The van der Waals surface area contributed by atoms with Crippen molar-refractivity contribution in [2.45, 2.75) is 45.1 Å². The van der Waals surface area contributed by atoms with E-state index in [1.807, 2.05) is 30.3 Å². The monoisotopic (exact) mass is 485 g/mol. The molecule has 1 aromatic carbocycles. The Morgan fingerprint density at radius 1 is 1.25 bits per heavy atom. The van der Waals surface area contributed by atoms with E-state index in [2.05, 4.69) is 32.5 Å². The number of furan rings is 1. The molecule has 1 amide bonds. The first-order chi connectivity index (χ1) is 17.4. The van der Waals surface area contributed by atoms with Gasteiger partial charge in [-0.15, -0.1) is 0 Å². The minimum absolute atomic E-state index is 0.0268. The van der Waals surface area contributed by atoms with Gasteiger partial charge in [-0.3, -0.25) is 19.9 Å². The number of ether oxygens (including phenoxy) is 1. The summed E-state index contributed by atoms with van der Waals surface area (Å²) < 4.78 is 11.3. The average molecular weight is 486 g/mol. The molecule has 2 atom stereocenters. The van der Waals surface area contributed by atoms with Crippen LogP contribution in [0.15, 0.2) is 53.4 Å². The van der Waals surface area contributed by atoms with Gasteiger partial charge in [0.25, 0.3) is 0 Å². The van der Waals surface area contributed by atoms with Gasteiger partial charge in [0.1, 0.15) is 11.5 Å². The third-order valence-corrected chi connectivity index (χ3v) is 6.26. The van der Waals surface area contributed by atoms with Gasteiger partial charge >= 0.3 is 0 Å². The Hall–Kier alpha value is -4.27. The van der Waals surface area contributed by atoms with Gasteiger partial charge in [-0.25, -0.2) is 9.97 Å². The molecule has 36 heavy (non-hydrogen) atoms. The molecule has 0 spiro atoms. The summed E-state index contributed by atoms with van der Waals surface area (Å²) in [5.41, 5.74) is 3.96. The molecule has 0 aliphatic heterocycles. The molecule has 0 fully saturated rings. The van der Waals surface area contributed by atoms with Crippen molar-refractivity contribution in [1.82, 2.24) is 15.0 Å². The highest BCUT2D eigenvalue weighted by Gasteiger charge is 2.30. The van der Waals surface area contributed by atoms with Gasteiger partial charge in [0.05, 0.1) is 35.8 Å². The van der Waals surface area contributed by atoms with Crippen molar-refractivity contribution in [3.63, 3.8) is 0 Å². The Morgan fingerprint density at radius 2 is 2.11 bits per heavy atom. The summed E-state index contributed by atoms with van der Waals surface area (Å²) in [5, 5.41) is 7.13. The lowest BCUT2D eigenvalue weighted by Crippen LogP contribution is -2.22. The number of hydrogen-bond acceptors (Lipinski definition) is 8. The van der Waals surface area contributed by atoms with Crippen LogP contribution in [0.5, 0.6) is 5.75 Å². The van der Waals surface area contributed by atoms with Crippen molar-refractivity contribution in [3.05, 3.63) is 71.6 Å². The number of nitrogens with one attached hydrogen (secondary N) is 2. The van der Waals surface area contributed by atoms with Crippen LogP contribution in [0.3, 0.4) is 0 Å². The molecule has 184 valence electrons. The van der Waals surface area contributed by atoms with Gasteiger partial charge < -0.3 is 14.5 Å². The van der Waals surface area contributed by atoms with E-state index >= 15 is 0 Å². The van der Waals surface area contributed by atoms with Crippen LogP contribution in [0.4, 0.5) is 11.6 Å². The number of benzene rings is 1. The number of anilines is 2. The molecule has 0 saturated carbocycles. The molecule has 9 nitrogen and oxygen atoms in total. The number of carbonyl (C=O) groups is 2. The van der Waals surface area contributed by atoms with Gasteiger partial charge in [0, 0.05) is 55.6 Å². The molecule has 5 rings (SSSR count). The lowest BCUT2D eigenvalue weighted by molar-refractivity contribution is -0.114. The highest BCUT2D eigenvalue weighted by atomic mass is 16.5. The predicted molar refractivity (Wildman–Crippen MR) is 136 cm³/mol. The minimum atomic E-state index is -0.259. The second kappa shape index (κ2) is 9.77. The van der Waals surface area contributed by atoms with Gasteiger partial charge in [-0.1, -0.05) is 6.07 Å². The summed E-state index contributed by atoms with van der Waals surface area (Å²) >= 11 is 0. The van der Waals surface area contributed by atoms with Gasteiger partial charge in [0.2, 0.25) is 11.9 Å². The Kier molecular flexibility index (Phi) is 6.37. The van der Waals surface area contributed by atoms with Crippen molar-refractivity contribution >= 4 is 34.2 Å². The maximum atomic E-state index is 12.7. The van der Waals surface area contributed by atoms with Gasteiger partial charge in [0.15, 0.2) is 5.78 Å². The van der Waals surface area contributed by atoms with Crippen LogP contribution in [0.25, 0.3) is 10.9 Å². The van der Waals surface area contributed by atoms with Crippen molar-refractivity contribution in [3.8, 4) is 5.75 Å². The highest BCUT2D eigenvalue weighted by molar-refractivity contribution is 5.98. The molecule has 3 heterocycles. The smallest absolute Gasteiger partial charge is 0.229 e. The van der Waals surface area contributed by atoms with Crippen LogP contribution in [-0.2, 0) is 17.6 Å². The number of carbonyl (C=O) groups excluding carboxylic acids is 2. The standard InChI is InChI=1S/C27H27N5O4/c1-15(30-23-12-20(35-3)9-18-5-4-6-28-26(18)23)7-17-8-25(36-14-17)19-10-22-21(24(34)11-19)13-29-27(32-22)31-16(2)33/h4-6,8-9,12-15,19,30H,7,10-11H2,1-3H3,(H,29,31,32,33). The summed E-state index contributed by atoms with van der Waals surface area (Å²) in [4.78, 5) is 37.1. The maximum absolute atomic E-state index is 12.7. The number of pyridine rings is 1. The lowest BCUT2D eigenvalue weighted by atomic mass is 9.85. The first-order valence-corrected chi connectivity index (χ1v) is 11.8. The van der Waals surface area contributed by atoms with Crippen molar-refractivity contribution in [2.75, 3.05) is 17.7 Å². The van der Waals surface area contributed by atoms with E-state index in [-0.39, 0.29) is 29.6 Å². The largest absolute Gasteiger partial charge is 0.497 e. The molecule has 0 saturated heterocycles. The molecule has 2 unspecified atom stereocenters. The van der Waals surface area contributed by atoms with E-state index in [4.69, 9.17) is 9.15 Å². The van der Waals surface area contributed by atoms with E-state index < -0.39 is 0 Å². The number of amides is 1. The third kappa shape index (κ3) is 4.91. The van der Waals surface area contributed by atoms with Crippen LogP contribution in [-0.4, -0.2) is 39.8 Å². The quantitative estimate of drug-likeness (QED) is 0.392. The SMILES string of the molecule is COc1cc(NC(C)Cc2coc(C3CC(=O)c4cnc(NC(C)=O)nc4C3)c2)c2ncccc2c1. The Balaban J connectivity index is 1.30. The normalized spacial score (nSPS) is 15.9. The van der Waals surface area contributed by atoms with Crippen molar-refractivity contribution in [1.29, 1.82) is 0 Å². The van der Waals surface area contributed by atoms with Crippen LogP contribution in [0.2, 0.25) is 0 Å². The number of hydrogen-bond donors (Lipinski definition) is 2. The topological polar surface area (TPSA) is 119 Å². The Labute approximate surface area is 208 Å². The molecule has 9 heteroatoms. The fraction of sp³-hybridized carbons (Fsp3) is 0.296. The third-order valence-electron chi connectivity index (χ3n) is 6.26. The van der Waals surface area contributed by atoms with E-state index in [1.165, 1.54) is 13.1 Å². The van der Waals surface area contributed by atoms with E-state index in [1.54, 1.807) is 19.6 Å². The van der Waals surface area contributed by atoms with E-state index in [9.17, 15) is 9.59 Å². The molecule has 3 aromatic heterocycles. The number of fused-ring (bicyclic) bond motifs is 2. The lowest BCUT2D eigenvalue weighted by Gasteiger charge is -2.21. The summed E-state index contributed by atoms with van der Waals surface area (Å²) in [6.45, 7) is 3.49. The number of ketones is 1. The molecule has 4 aromatic rings. The number of methoxy groups -OCH3 is 1. The molecule has 1 aliphatic rings. The van der Waals surface area contributed by atoms with Crippen LogP contribution < -0.4 is 15.4 Å². The Bertz CT molecular complexity index is 1450. The molecule has 1 aliphatic carbocycles. The fourth-order valence-corrected chi connectivity index (χ4v) is 4.64. The van der Waals surface area contributed by atoms with E-state index in [0.29, 0.717) is 24.1 Å². The van der Waals surface area contributed by atoms with Crippen LogP contribution >= 0.6 is 0 Å². The fourth-order valence-electron chi connectivity index (χ4n) is 4.64. The second-order valence-corrected chi connectivity index (χ2v) is 9.12. The molecular weight excluding hydrogens is 458 g/mol. The molecule has 2 N–H and O–H groups in total. The highest BCUT2D eigenvalue weighted by Crippen LogP contribution is 2.33. The van der Waals surface area contributed by atoms with Crippen LogP contribution in [0.1, 0.15) is 53.6 Å². The van der Waals surface area contributed by atoms with Crippen LogP contribution in [0, 0.1) is 0 Å². The minimum Gasteiger partial charge on any atom is -0.497 e. The molecule has 0 radical (unpaired) electrons. The molecular formula is C27H27N5O4. The zero-order chi connectivity index (χ0) is 25.2. The first kappa shape index (κ1) is 23.5. The molecule has 0 bridgehead atoms. The summed E-state index contributed by atoms with van der Waals surface area (Å²) in [6.07, 6.45) is 6.61. The number of Topliss-reactive ketones (excluding diaryl/α,β-unsaturated/α-hetero) is 1. The summed E-state index contributed by atoms with van der Waals surface area (Å²) in [6, 6.07) is 9.94. The van der Waals surface area contributed by atoms with Gasteiger partial charge in [-0.2, -0.15) is 0 Å². The van der Waals surface area contributed by atoms with Gasteiger partial charge in [-0.05, 0) is 37.1 Å². The predicted octanol–water partition coefficient (Wildman–Crippen LogP) is 4.54. The summed E-state index contributed by atoms with van der Waals surface area (Å²) in [7, 11) is 1.65. The summed E-state index contributed by atoms with van der Waals surface area (Å²) in [5.74, 6) is 1.32. The first-order valence-electron chi connectivity index (χ1n) is 11.8. The van der Waals surface area contributed by atoms with Crippen molar-refractivity contribution in [2.24, 2.45) is 0 Å². The number of aromatic nitrogens is 3. The second-order valence-electron chi connectivity index (χ2n) is 9.12. The zero-order valence-corrected chi connectivity index (χ0v) is 20.4. The Morgan fingerprint density at radius 3 is 2.92 bits per heavy atom. The average Bonchev–Trinajstić information content (AvgIpc) is 3.31.